The van der Waals surface area contributed by atoms with E-state index in [1.807, 2.05) is 0 Å². The van der Waals surface area contributed by atoms with Crippen molar-refractivity contribution < 1.29 is 0 Å². The van der Waals surface area contributed by atoms with Crippen LogP contribution in [0.4, 0.5) is 0 Å². The molecule has 3 rings (SSSR count). The Labute approximate surface area is 106 Å². The normalized spacial score (nSPS) is 36.7. The molecule has 2 unspecified atom stereocenters. The van der Waals surface area contributed by atoms with Gasteiger partial charge in [-0.15, -0.1) is 0 Å². The molecular formula is C15H28N2. The number of hydrogen-bond donors (Lipinski definition) is 1. The molecule has 0 aromatic rings. The minimum absolute atomic E-state index is 0.820. The lowest BCUT2D eigenvalue weighted by atomic mass is 9.88. The summed E-state index contributed by atoms with van der Waals surface area (Å²) in [6.07, 6.45) is 13.2. The Bertz CT molecular complexity index is 229. The highest BCUT2D eigenvalue weighted by molar-refractivity contribution is 4.92. The van der Waals surface area contributed by atoms with Crippen molar-refractivity contribution in [1.29, 1.82) is 0 Å². The summed E-state index contributed by atoms with van der Waals surface area (Å²) in [5.74, 6) is 1.02. The Morgan fingerprint density at radius 2 is 1.76 bits per heavy atom. The molecule has 0 bridgehead atoms. The molecule has 3 fully saturated rings. The molecule has 1 aliphatic carbocycles. The van der Waals surface area contributed by atoms with Gasteiger partial charge in [-0.3, -0.25) is 4.90 Å². The lowest BCUT2D eigenvalue weighted by molar-refractivity contribution is 0.164. The summed E-state index contributed by atoms with van der Waals surface area (Å²) in [7, 11) is 0. The molecule has 0 aromatic heterocycles. The van der Waals surface area contributed by atoms with Crippen LogP contribution in [0.5, 0.6) is 0 Å². The zero-order valence-corrected chi connectivity index (χ0v) is 11.2. The molecule has 1 saturated carbocycles. The number of rotatable bonds is 3. The fraction of sp³-hybridized carbons (Fsp3) is 1.00. The molecule has 3 aliphatic rings. The van der Waals surface area contributed by atoms with Crippen molar-refractivity contribution in [1.82, 2.24) is 10.2 Å². The first-order chi connectivity index (χ1) is 8.43. The lowest BCUT2D eigenvalue weighted by Gasteiger charge is -2.33. The van der Waals surface area contributed by atoms with Crippen molar-refractivity contribution in [2.75, 3.05) is 19.6 Å². The molecule has 2 atom stereocenters. The minimum atomic E-state index is 0.820. The first-order valence-corrected chi connectivity index (χ1v) is 7.91. The largest absolute Gasteiger partial charge is 0.312 e. The molecule has 0 aromatic carbocycles. The molecule has 98 valence electrons. The maximum absolute atomic E-state index is 3.72. The monoisotopic (exact) mass is 236 g/mol. The van der Waals surface area contributed by atoms with Gasteiger partial charge in [-0.05, 0) is 57.5 Å². The third kappa shape index (κ3) is 2.85. The van der Waals surface area contributed by atoms with E-state index in [-0.39, 0.29) is 0 Å². The van der Waals surface area contributed by atoms with Gasteiger partial charge < -0.3 is 5.32 Å². The van der Waals surface area contributed by atoms with E-state index in [0.717, 1.165) is 18.0 Å². The van der Waals surface area contributed by atoms with Gasteiger partial charge in [0.2, 0.25) is 0 Å². The second kappa shape index (κ2) is 5.71. The standard InChI is InChI=1S/C15H28N2/c1-2-6-13(7-3-1)12-17-11-5-9-15(17)14-8-4-10-16-14/h13-16H,1-12H2. The molecule has 0 amide bonds. The maximum Gasteiger partial charge on any atom is 0.0249 e. The van der Waals surface area contributed by atoms with Gasteiger partial charge in [0.15, 0.2) is 0 Å². The average molecular weight is 236 g/mol. The van der Waals surface area contributed by atoms with Crippen molar-refractivity contribution in [2.24, 2.45) is 5.92 Å². The topological polar surface area (TPSA) is 15.3 Å². The van der Waals surface area contributed by atoms with Crippen LogP contribution in [0.1, 0.15) is 57.8 Å². The van der Waals surface area contributed by atoms with Gasteiger partial charge in [-0.2, -0.15) is 0 Å². The third-order valence-corrected chi connectivity index (χ3v) is 5.19. The SMILES string of the molecule is C1CCC(CN2CCCC2C2CCCN2)CC1. The van der Waals surface area contributed by atoms with E-state index in [1.54, 1.807) is 0 Å². The van der Waals surface area contributed by atoms with E-state index in [4.69, 9.17) is 0 Å². The molecule has 0 spiro atoms. The quantitative estimate of drug-likeness (QED) is 0.810. The van der Waals surface area contributed by atoms with Crippen LogP contribution < -0.4 is 5.32 Å². The van der Waals surface area contributed by atoms with E-state index in [1.165, 1.54) is 77.4 Å². The zero-order chi connectivity index (χ0) is 11.5. The Hall–Kier alpha value is -0.0800. The van der Waals surface area contributed by atoms with Crippen LogP contribution in [-0.2, 0) is 0 Å². The Morgan fingerprint density at radius 3 is 2.53 bits per heavy atom. The van der Waals surface area contributed by atoms with Gasteiger partial charge in [0.1, 0.15) is 0 Å². The van der Waals surface area contributed by atoms with Crippen LogP contribution in [0.3, 0.4) is 0 Å². The number of nitrogens with one attached hydrogen (secondary N) is 1. The summed E-state index contributed by atoms with van der Waals surface area (Å²) in [5, 5.41) is 3.72. The number of likely N-dealkylation sites (tertiary alicyclic amines) is 1. The van der Waals surface area contributed by atoms with Crippen LogP contribution in [0.2, 0.25) is 0 Å². The van der Waals surface area contributed by atoms with E-state index >= 15 is 0 Å². The Balaban J connectivity index is 1.53. The first-order valence-electron chi connectivity index (χ1n) is 7.91. The van der Waals surface area contributed by atoms with Gasteiger partial charge in [-0.25, -0.2) is 0 Å². The summed E-state index contributed by atoms with van der Waals surface area (Å²) in [6, 6.07) is 1.69. The average Bonchev–Trinajstić information content (AvgIpc) is 3.00. The fourth-order valence-electron chi connectivity index (χ4n) is 4.28. The third-order valence-electron chi connectivity index (χ3n) is 5.19. The van der Waals surface area contributed by atoms with Crippen molar-refractivity contribution in [3.8, 4) is 0 Å². The minimum Gasteiger partial charge on any atom is -0.312 e. The maximum atomic E-state index is 3.72. The molecular weight excluding hydrogens is 208 g/mol. The zero-order valence-electron chi connectivity index (χ0n) is 11.2. The van der Waals surface area contributed by atoms with E-state index in [2.05, 4.69) is 10.2 Å². The van der Waals surface area contributed by atoms with Crippen LogP contribution in [-0.4, -0.2) is 36.6 Å². The predicted molar refractivity (Wildman–Crippen MR) is 72.2 cm³/mol. The van der Waals surface area contributed by atoms with Crippen LogP contribution in [0, 0.1) is 5.92 Å². The molecule has 0 radical (unpaired) electrons. The van der Waals surface area contributed by atoms with Crippen LogP contribution in [0.15, 0.2) is 0 Å². The fourth-order valence-corrected chi connectivity index (χ4v) is 4.28. The highest BCUT2D eigenvalue weighted by atomic mass is 15.2. The predicted octanol–water partition coefficient (Wildman–Crippen LogP) is 2.78. The molecule has 17 heavy (non-hydrogen) atoms. The van der Waals surface area contributed by atoms with Crippen LogP contribution in [0.25, 0.3) is 0 Å². The van der Waals surface area contributed by atoms with Crippen molar-refractivity contribution in [3.05, 3.63) is 0 Å². The summed E-state index contributed by atoms with van der Waals surface area (Å²) in [5.41, 5.74) is 0. The van der Waals surface area contributed by atoms with Crippen molar-refractivity contribution >= 4 is 0 Å². The summed E-state index contributed by atoms with van der Waals surface area (Å²) >= 11 is 0. The van der Waals surface area contributed by atoms with Gasteiger partial charge in [0.05, 0.1) is 0 Å². The molecule has 1 N–H and O–H groups in total. The molecule has 2 nitrogen and oxygen atoms in total. The first kappa shape index (κ1) is 12.0. The van der Waals surface area contributed by atoms with Gasteiger partial charge in [0.25, 0.3) is 0 Å². The summed E-state index contributed by atoms with van der Waals surface area (Å²) in [6.45, 7) is 4.04. The Kier molecular flexibility index (Phi) is 4.02. The second-order valence-electron chi connectivity index (χ2n) is 6.41. The van der Waals surface area contributed by atoms with Gasteiger partial charge >= 0.3 is 0 Å². The molecule has 2 heterocycles. The van der Waals surface area contributed by atoms with Gasteiger partial charge in [-0.1, -0.05) is 19.3 Å². The summed E-state index contributed by atoms with van der Waals surface area (Å²) in [4.78, 5) is 2.83. The van der Waals surface area contributed by atoms with Gasteiger partial charge in [0, 0.05) is 18.6 Å². The molecule has 2 aliphatic heterocycles. The lowest BCUT2D eigenvalue weighted by Crippen LogP contribution is -2.45. The molecule has 2 saturated heterocycles. The van der Waals surface area contributed by atoms with E-state index < -0.39 is 0 Å². The van der Waals surface area contributed by atoms with E-state index in [9.17, 15) is 0 Å². The van der Waals surface area contributed by atoms with Crippen LogP contribution >= 0.6 is 0 Å². The summed E-state index contributed by atoms with van der Waals surface area (Å²) < 4.78 is 0. The number of nitrogens with zero attached hydrogens (tertiary/aromatic N) is 1. The Morgan fingerprint density at radius 1 is 0.882 bits per heavy atom. The number of hydrogen-bond acceptors (Lipinski definition) is 2. The highest BCUT2D eigenvalue weighted by Crippen LogP contribution is 2.30. The smallest absolute Gasteiger partial charge is 0.0249 e. The second-order valence-corrected chi connectivity index (χ2v) is 6.41. The highest BCUT2D eigenvalue weighted by Gasteiger charge is 2.34. The molecule has 2 heteroatoms. The van der Waals surface area contributed by atoms with E-state index in [0.29, 0.717) is 0 Å². The van der Waals surface area contributed by atoms with Crippen molar-refractivity contribution in [3.63, 3.8) is 0 Å². The van der Waals surface area contributed by atoms with Crippen molar-refractivity contribution in [2.45, 2.75) is 69.9 Å².